The van der Waals surface area contributed by atoms with E-state index in [1.165, 1.54) is 0 Å². The van der Waals surface area contributed by atoms with E-state index in [2.05, 4.69) is 20.4 Å². The summed E-state index contributed by atoms with van der Waals surface area (Å²) >= 11 is 0. The molecule has 94 valence electrons. The average molecular weight is 254 g/mol. The Bertz CT molecular complexity index is 751. The lowest BCUT2D eigenvalue weighted by molar-refractivity contribution is 0.102. The molecular weight excluding hydrogens is 244 g/mol. The predicted octanol–water partition coefficient (Wildman–Crippen LogP) is 2.18. The maximum atomic E-state index is 12.0. The quantitative estimate of drug-likeness (QED) is 0.758. The summed E-state index contributed by atoms with van der Waals surface area (Å²) in [5.41, 5.74) is 1.91. The topological polar surface area (TPSA) is 80.9 Å². The summed E-state index contributed by atoms with van der Waals surface area (Å²) in [4.78, 5) is 20.3. The largest absolute Gasteiger partial charge is 0.360 e. The first kappa shape index (κ1) is 11.3. The molecule has 6 heteroatoms. The van der Waals surface area contributed by atoms with Crippen LogP contribution < -0.4 is 5.32 Å². The van der Waals surface area contributed by atoms with Crippen LogP contribution in [0.3, 0.4) is 0 Å². The first-order valence-electron chi connectivity index (χ1n) is 5.68. The first-order valence-corrected chi connectivity index (χ1v) is 5.68. The van der Waals surface area contributed by atoms with E-state index in [-0.39, 0.29) is 5.91 Å². The highest BCUT2D eigenvalue weighted by Gasteiger charge is 2.09. The molecule has 0 saturated heterocycles. The van der Waals surface area contributed by atoms with Gasteiger partial charge in [-0.05, 0) is 25.1 Å². The molecule has 1 N–H and O–H groups in total. The van der Waals surface area contributed by atoms with Crippen molar-refractivity contribution in [3.8, 4) is 0 Å². The van der Waals surface area contributed by atoms with Crippen LogP contribution in [0.1, 0.15) is 16.1 Å². The molecule has 6 nitrogen and oxygen atoms in total. The molecule has 19 heavy (non-hydrogen) atoms. The summed E-state index contributed by atoms with van der Waals surface area (Å²) in [7, 11) is 0. The molecule has 0 radical (unpaired) electrons. The highest BCUT2D eigenvalue weighted by Crippen LogP contribution is 2.13. The number of hydrogen-bond donors (Lipinski definition) is 1. The van der Waals surface area contributed by atoms with Crippen LogP contribution in [0.25, 0.3) is 11.0 Å². The van der Waals surface area contributed by atoms with E-state index in [1.807, 2.05) is 0 Å². The van der Waals surface area contributed by atoms with Crippen molar-refractivity contribution in [1.29, 1.82) is 0 Å². The molecule has 2 aromatic heterocycles. The molecule has 0 saturated carbocycles. The van der Waals surface area contributed by atoms with Crippen molar-refractivity contribution in [2.45, 2.75) is 6.92 Å². The average Bonchev–Trinajstić information content (AvgIpc) is 2.83. The number of benzene rings is 1. The lowest BCUT2D eigenvalue weighted by atomic mass is 10.2. The number of amides is 1. The highest BCUT2D eigenvalue weighted by molar-refractivity contribution is 6.05. The Labute approximate surface area is 108 Å². The van der Waals surface area contributed by atoms with Crippen molar-refractivity contribution in [3.05, 3.63) is 48.0 Å². The minimum atomic E-state index is -0.263. The number of rotatable bonds is 2. The number of carbonyl (C=O) groups excluding carboxylic acids is 1. The number of nitrogens with one attached hydrogen (secondary N) is 1. The van der Waals surface area contributed by atoms with Gasteiger partial charge in [-0.15, -0.1) is 0 Å². The normalized spacial score (nSPS) is 10.6. The first-order chi connectivity index (χ1) is 9.22. The maximum absolute atomic E-state index is 12.0. The molecule has 0 aliphatic rings. The van der Waals surface area contributed by atoms with Gasteiger partial charge in [-0.1, -0.05) is 5.16 Å². The summed E-state index contributed by atoms with van der Waals surface area (Å²) in [5.74, 6) is 0.766. The Morgan fingerprint density at radius 2 is 1.95 bits per heavy atom. The molecule has 0 unspecified atom stereocenters. The van der Waals surface area contributed by atoms with Gasteiger partial charge in [0.15, 0.2) is 5.82 Å². The third-order valence-corrected chi connectivity index (χ3v) is 2.60. The molecule has 1 amide bonds. The van der Waals surface area contributed by atoms with Gasteiger partial charge in [0.2, 0.25) is 0 Å². The minimum Gasteiger partial charge on any atom is -0.360 e. The van der Waals surface area contributed by atoms with Crippen LogP contribution >= 0.6 is 0 Å². The Balaban J connectivity index is 1.89. The Morgan fingerprint density at radius 3 is 2.68 bits per heavy atom. The van der Waals surface area contributed by atoms with Crippen LogP contribution in [0.4, 0.5) is 5.82 Å². The monoisotopic (exact) mass is 254 g/mol. The van der Waals surface area contributed by atoms with Crippen molar-refractivity contribution < 1.29 is 9.32 Å². The number of fused-ring (bicyclic) bond motifs is 1. The third kappa shape index (κ3) is 2.28. The van der Waals surface area contributed by atoms with Crippen molar-refractivity contribution in [1.82, 2.24) is 15.1 Å². The summed E-state index contributed by atoms with van der Waals surface area (Å²) < 4.78 is 4.88. The molecule has 0 aliphatic heterocycles. The molecule has 0 bridgehead atoms. The molecule has 0 aliphatic carbocycles. The number of anilines is 1. The van der Waals surface area contributed by atoms with Crippen LogP contribution in [0.5, 0.6) is 0 Å². The van der Waals surface area contributed by atoms with Gasteiger partial charge in [-0.2, -0.15) is 0 Å². The summed E-state index contributed by atoms with van der Waals surface area (Å²) in [6.07, 6.45) is 3.20. The number of aromatic nitrogens is 3. The zero-order valence-electron chi connectivity index (χ0n) is 10.1. The van der Waals surface area contributed by atoms with Crippen molar-refractivity contribution >= 4 is 22.8 Å². The number of hydrogen-bond acceptors (Lipinski definition) is 5. The van der Waals surface area contributed by atoms with E-state index < -0.39 is 0 Å². The second kappa shape index (κ2) is 4.49. The van der Waals surface area contributed by atoms with Crippen LogP contribution in [0.2, 0.25) is 0 Å². The molecule has 3 rings (SSSR count). The van der Waals surface area contributed by atoms with Crippen LogP contribution in [0, 0.1) is 6.92 Å². The second-order valence-corrected chi connectivity index (χ2v) is 4.04. The zero-order chi connectivity index (χ0) is 13.2. The highest BCUT2D eigenvalue weighted by atomic mass is 16.5. The standard InChI is InChI=1S/C13H10N4O2/c1-8-6-12(17-19-8)16-13(18)9-2-3-10-11(7-9)15-5-4-14-10/h2-7H,1H3,(H,16,17,18). The summed E-state index contributed by atoms with van der Waals surface area (Å²) in [5, 5.41) is 6.36. The predicted molar refractivity (Wildman–Crippen MR) is 68.7 cm³/mol. The second-order valence-electron chi connectivity index (χ2n) is 4.04. The van der Waals surface area contributed by atoms with Gasteiger partial charge < -0.3 is 9.84 Å². The van der Waals surface area contributed by atoms with Crippen LogP contribution in [0.15, 0.2) is 41.2 Å². The lowest BCUT2D eigenvalue weighted by Gasteiger charge is -2.02. The Hall–Kier alpha value is -2.76. The van der Waals surface area contributed by atoms with Gasteiger partial charge >= 0.3 is 0 Å². The zero-order valence-corrected chi connectivity index (χ0v) is 10.1. The number of aryl methyl sites for hydroxylation is 1. The van der Waals surface area contributed by atoms with E-state index in [4.69, 9.17) is 4.52 Å². The van der Waals surface area contributed by atoms with Crippen LogP contribution in [-0.4, -0.2) is 21.0 Å². The Kier molecular flexibility index (Phi) is 2.68. The fourth-order valence-corrected chi connectivity index (χ4v) is 1.72. The van der Waals surface area contributed by atoms with E-state index in [9.17, 15) is 4.79 Å². The smallest absolute Gasteiger partial charge is 0.256 e. The van der Waals surface area contributed by atoms with Gasteiger partial charge in [0.05, 0.1) is 11.0 Å². The van der Waals surface area contributed by atoms with Gasteiger partial charge in [0.1, 0.15) is 5.76 Å². The molecule has 1 aromatic carbocycles. The van der Waals surface area contributed by atoms with Crippen molar-refractivity contribution in [2.24, 2.45) is 0 Å². The van der Waals surface area contributed by atoms with E-state index in [0.29, 0.717) is 22.7 Å². The lowest BCUT2D eigenvalue weighted by Crippen LogP contribution is -2.12. The fourth-order valence-electron chi connectivity index (χ4n) is 1.72. The van der Waals surface area contributed by atoms with Gasteiger partial charge in [-0.25, -0.2) is 0 Å². The molecular formula is C13H10N4O2. The van der Waals surface area contributed by atoms with Gasteiger partial charge in [0.25, 0.3) is 5.91 Å². The SMILES string of the molecule is Cc1cc(NC(=O)c2ccc3nccnc3c2)no1. The minimum absolute atomic E-state index is 0.263. The molecule has 0 spiro atoms. The van der Waals surface area contributed by atoms with E-state index in [0.717, 1.165) is 5.52 Å². The van der Waals surface area contributed by atoms with E-state index in [1.54, 1.807) is 43.6 Å². The number of carbonyl (C=O) groups is 1. The summed E-state index contributed by atoms with van der Waals surface area (Å²) in [6.45, 7) is 1.76. The van der Waals surface area contributed by atoms with Crippen molar-refractivity contribution in [3.63, 3.8) is 0 Å². The third-order valence-electron chi connectivity index (χ3n) is 2.60. The Morgan fingerprint density at radius 1 is 1.16 bits per heavy atom. The fraction of sp³-hybridized carbons (Fsp3) is 0.0769. The molecule has 0 fully saturated rings. The molecule has 2 heterocycles. The van der Waals surface area contributed by atoms with Gasteiger partial charge in [-0.3, -0.25) is 14.8 Å². The molecule has 3 aromatic rings. The number of nitrogens with zero attached hydrogens (tertiary/aromatic N) is 3. The van der Waals surface area contributed by atoms with Crippen LogP contribution in [-0.2, 0) is 0 Å². The molecule has 0 atom stereocenters. The van der Waals surface area contributed by atoms with Gasteiger partial charge in [0, 0.05) is 24.0 Å². The maximum Gasteiger partial charge on any atom is 0.256 e. The summed E-state index contributed by atoms with van der Waals surface area (Å²) in [6, 6.07) is 6.79. The van der Waals surface area contributed by atoms with Crippen molar-refractivity contribution in [2.75, 3.05) is 5.32 Å². The van der Waals surface area contributed by atoms with E-state index >= 15 is 0 Å².